The number of benzene rings is 1. The fraction of sp³-hybridized carbons (Fsp3) is 0.500. The summed E-state index contributed by atoms with van der Waals surface area (Å²) in [5, 5.41) is 7.27. The number of aryl methyl sites for hydroxylation is 2. The number of nitrogens with zero attached hydrogens (tertiary/aromatic N) is 3. The summed E-state index contributed by atoms with van der Waals surface area (Å²) in [6.45, 7) is 7.08. The van der Waals surface area contributed by atoms with Gasteiger partial charge < -0.3 is 5.32 Å². The van der Waals surface area contributed by atoms with Gasteiger partial charge in [0, 0.05) is 43.0 Å². The number of carbonyl (C=O) groups excluding carboxylic acids is 1. The lowest BCUT2D eigenvalue weighted by molar-refractivity contribution is 0.102. The third-order valence-electron chi connectivity index (χ3n) is 5.65. The first kappa shape index (κ1) is 16.3. The van der Waals surface area contributed by atoms with E-state index in [1.165, 1.54) is 31.4 Å². The molecule has 132 valence electrons. The minimum Gasteiger partial charge on any atom is -0.305 e. The molecule has 5 heteroatoms. The quantitative estimate of drug-likeness (QED) is 0.908. The Bertz CT molecular complexity index is 765. The van der Waals surface area contributed by atoms with E-state index in [-0.39, 0.29) is 5.91 Å². The molecule has 0 unspecified atom stereocenters. The molecule has 1 aromatic carbocycles. The Morgan fingerprint density at radius 1 is 1.28 bits per heavy atom. The van der Waals surface area contributed by atoms with E-state index in [2.05, 4.69) is 27.4 Å². The van der Waals surface area contributed by atoms with Crippen LogP contribution in [0.4, 0.5) is 5.82 Å². The van der Waals surface area contributed by atoms with Crippen LogP contribution in [0, 0.1) is 12.8 Å². The van der Waals surface area contributed by atoms with Crippen molar-refractivity contribution in [1.82, 2.24) is 14.7 Å². The molecule has 1 aliphatic carbocycles. The van der Waals surface area contributed by atoms with Crippen molar-refractivity contribution in [2.24, 2.45) is 5.92 Å². The van der Waals surface area contributed by atoms with E-state index in [4.69, 9.17) is 0 Å². The van der Waals surface area contributed by atoms with Gasteiger partial charge in [-0.3, -0.25) is 14.4 Å². The fourth-order valence-corrected chi connectivity index (χ4v) is 4.30. The third kappa shape index (κ3) is 3.33. The van der Waals surface area contributed by atoms with E-state index in [0.29, 0.717) is 11.4 Å². The van der Waals surface area contributed by atoms with Gasteiger partial charge in [0.15, 0.2) is 5.82 Å². The molecule has 2 aromatic rings. The summed E-state index contributed by atoms with van der Waals surface area (Å²) in [6, 6.07) is 10.7. The van der Waals surface area contributed by atoms with Gasteiger partial charge in [0.05, 0.1) is 0 Å². The molecule has 4 rings (SSSR count). The number of likely N-dealkylation sites (tertiary alicyclic amines) is 1. The minimum absolute atomic E-state index is 0.104. The molecular formula is C20H26N4O. The maximum absolute atomic E-state index is 12.4. The maximum atomic E-state index is 12.4. The monoisotopic (exact) mass is 338 g/mol. The van der Waals surface area contributed by atoms with Gasteiger partial charge in [-0.25, -0.2) is 0 Å². The van der Waals surface area contributed by atoms with Crippen LogP contribution < -0.4 is 5.32 Å². The van der Waals surface area contributed by atoms with Crippen LogP contribution in [-0.2, 0) is 13.1 Å². The Labute approximate surface area is 149 Å². The zero-order valence-corrected chi connectivity index (χ0v) is 15.0. The van der Waals surface area contributed by atoms with Crippen molar-refractivity contribution >= 4 is 11.7 Å². The number of hydrogen-bond acceptors (Lipinski definition) is 3. The highest BCUT2D eigenvalue weighted by atomic mass is 16.1. The molecule has 5 nitrogen and oxygen atoms in total. The number of aromatic nitrogens is 2. The number of nitrogens with one attached hydrogen (secondary N) is 1. The summed E-state index contributed by atoms with van der Waals surface area (Å²) in [4.78, 5) is 15.0. The van der Waals surface area contributed by atoms with Gasteiger partial charge in [-0.05, 0) is 56.7 Å². The third-order valence-corrected chi connectivity index (χ3v) is 5.65. The molecule has 2 fully saturated rings. The number of amides is 1. The SMILES string of the molecule is CCn1nc(NC(=O)c2ccc(CN3C[C@@H]4CC[C@@H]3C4)cc2)cc1C. The van der Waals surface area contributed by atoms with Gasteiger partial charge in [0.25, 0.3) is 5.91 Å². The molecule has 2 atom stereocenters. The minimum atomic E-state index is -0.104. The van der Waals surface area contributed by atoms with Gasteiger partial charge >= 0.3 is 0 Å². The van der Waals surface area contributed by atoms with E-state index in [1.54, 1.807) is 0 Å². The van der Waals surface area contributed by atoms with Crippen LogP contribution >= 0.6 is 0 Å². The first-order valence-electron chi connectivity index (χ1n) is 9.31. The molecule has 0 radical (unpaired) electrons. The van der Waals surface area contributed by atoms with Crippen LogP contribution in [0.2, 0.25) is 0 Å². The summed E-state index contributed by atoms with van der Waals surface area (Å²) in [5.41, 5.74) is 3.01. The van der Waals surface area contributed by atoms with Gasteiger partial charge in [0.1, 0.15) is 0 Å². The smallest absolute Gasteiger partial charge is 0.256 e. The largest absolute Gasteiger partial charge is 0.305 e. The predicted molar refractivity (Wildman–Crippen MR) is 98.6 cm³/mol. The van der Waals surface area contributed by atoms with Gasteiger partial charge in [-0.15, -0.1) is 0 Å². The number of piperidine rings is 1. The maximum Gasteiger partial charge on any atom is 0.256 e. The van der Waals surface area contributed by atoms with Gasteiger partial charge in [-0.2, -0.15) is 5.10 Å². The van der Waals surface area contributed by atoms with Crippen LogP contribution in [0.15, 0.2) is 30.3 Å². The first-order chi connectivity index (χ1) is 12.1. The Morgan fingerprint density at radius 3 is 2.68 bits per heavy atom. The molecule has 2 bridgehead atoms. The van der Waals surface area contributed by atoms with E-state index in [9.17, 15) is 4.79 Å². The number of hydrogen-bond donors (Lipinski definition) is 1. The molecule has 25 heavy (non-hydrogen) atoms. The average Bonchev–Trinajstić information content (AvgIpc) is 3.31. The summed E-state index contributed by atoms with van der Waals surface area (Å²) in [5.74, 6) is 1.43. The Morgan fingerprint density at radius 2 is 2.08 bits per heavy atom. The number of fused-ring (bicyclic) bond motifs is 2. The molecular weight excluding hydrogens is 312 g/mol. The molecule has 2 heterocycles. The number of anilines is 1. The summed E-state index contributed by atoms with van der Waals surface area (Å²) in [7, 11) is 0. The Kier molecular flexibility index (Phi) is 4.34. The zero-order chi connectivity index (χ0) is 17.4. The second-order valence-corrected chi connectivity index (χ2v) is 7.40. The van der Waals surface area contributed by atoms with Crippen molar-refractivity contribution in [3.8, 4) is 0 Å². The van der Waals surface area contributed by atoms with E-state index in [0.717, 1.165) is 30.7 Å². The molecule has 1 N–H and O–H groups in total. The van der Waals surface area contributed by atoms with Gasteiger partial charge in [0.2, 0.25) is 0 Å². The second kappa shape index (κ2) is 6.64. The highest BCUT2D eigenvalue weighted by Gasteiger charge is 2.37. The van der Waals surface area contributed by atoms with E-state index in [1.807, 2.05) is 36.7 Å². The van der Waals surface area contributed by atoms with Crippen LogP contribution in [0.5, 0.6) is 0 Å². The molecule has 1 amide bonds. The molecule has 1 aromatic heterocycles. The standard InChI is InChI=1S/C20H26N4O/c1-3-24-14(2)10-19(22-24)21-20(25)17-7-4-15(5-8-17)12-23-13-16-6-9-18(23)11-16/h4-5,7-8,10,16,18H,3,6,9,11-13H2,1-2H3,(H,21,22,25)/t16-,18-/m1/s1. The predicted octanol–water partition coefficient (Wildman–Crippen LogP) is 3.45. The van der Waals surface area contributed by atoms with Gasteiger partial charge in [-0.1, -0.05) is 12.1 Å². The van der Waals surface area contributed by atoms with Crippen molar-refractivity contribution in [1.29, 1.82) is 0 Å². The lowest BCUT2D eigenvalue weighted by Crippen LogP contribution is -2.31. The fourth-order valence-electron chi connectivity index (χ4n) is 4.30. The van der Waals surface area contributed by atoms with E-state index < -0.39 is 0 Å². The summed E-state index contributed by atoms with van der Waals surface area (Å²) in [6.07, 6.45) is 4.15. The summed E-state index contributed by atoms with van der Waals surface area (Å²) < 4.78 is 1.88. The van der Waals surface area contributed by atoms with Crippen LogP contribution in [0.1, 0.15) is 47.8 Å². The molecule has 2 aliphatic rings. The topological polar surface area (TPSA) is 50.2 Å². The normalized spacial score (nSPS) is 22.5. The first-order valence-corrected chi connectivity index (χ1v) is 9.31. The second-order valence-electron chi connectivity index (χ2n) is 7.40. The zero-order valence-electron chi connectivity index (χ0n) is 15.0. The lowest BCUT2D eigenvalue weighted by Gasteiger charge is -2.26. The van der Waals surface area contributed by atoms with Crippen LogP contribution in [0.25, 0.3) is 0 Å². The lowest BCUT2D eigenvalue weighted by atomic mass is 10.1. The van der Waals surface area contributed by atoms with Crippen molar-refractivity contribution in [2.75, 3.05) is 11.9 Å². The number of rotatable bonds is 5. The Balaban J connectivity index is 1.38. The van der Waals surface area contributed by atoms with Crippen LogP contribution in [0.3, 0.4) is 0 Å². The molecule has 1 saturated carbocycles. The molecule has 1 aliphatic heterocycles. The average molecular weight is 338 g/mol. The van der Waals surface area contributed by atoms with E-state index >= 15 is 0 Å². The highest BCUT2D eigenvalue weighted by Crippen LogP contribution is 2.38. The summed E-state index contributed by atoms with van der Waals surface area (Å²) >= 11 is 0. The highest BCUT2D eigenvalue weighted by molar-refractivity contribution is 6.03. The van der Waals surface area contributed by atoms with Crippen LogP contribution in [-0.4, -0.2) is 33.2 Å². The Hall–Kier alpha value is -2.14. The molecule has 1 saturated heterocycles. The van der Waals surface area contributed by atoms with Crippen molar-refractivity contribution < 1.29 is 4.79 Å². The molecule has 0 spiro atoms. The van der Waals surface area contributed by atoms with Crippen molar-refractivity contribution in [3.05, 3.63) is 47.2 Å². The van der Waals surface area contributed by atoms with Crippen molar-refractivity contribution in [3.63, 3.8) is 0 Å². The number of carbonyl (C=O) groups is 1. The van der Waals surface area contributed by atoms with Crippen molar-refractivity contribution in [2.45, 2.75) is 52.2 Å².